The average Bonchev–Trinajstić information content (AvgIpc) is 2.35. The number of rotatable bonds is 8. The van der Waals surface area contributed by atoms with Crippen LogP contribution in [0.25, 0.3) is 0 Å². The van der Waals surface area contributed by atoms with Crippen molar-refractivity contribution in [2.24, 2.45) is 0 Å². The lowest BCUT2D eigenvalue weighted by molar-refractivity contribution is 0.0944. The van der Waals surface area contributed by atoms with Gasteiger partial charge in [0.1, 0.15) is 6.61 Å². The van der Waals surface area contributed by atoms with Crippen LogP contribution in [0.3, 0.4) is 0 Å². The molecule has 0 saturated carbocycles. The molecule has 0 N–H and O–H groups in total. The van der Waals surface area contributed by atoms with E-state index in [-0.39, 0.29) is 0 Å². The van der Waals surface area contributed by atoms with Crippen LogP contribution in [0, 0.1) is 0 Å². The second-order valence-electron chi connectivity index (χ2n) is 3.32. The first kappa shape index (κ1) is 14.2. The fraction of sp³-hybridized carbons (Fsp3) is 0.636. The molecule has 0 unspecified atom stereocenters. The van der Waals surface area contributed by atoms with E-state index in [0.29, 0.717) is 29.6 Å². The van der Waals surface area contributed by atoms with Gasteiger partial charge >= 0.3 is 6.01 Å². The van der Waals surface area contributed by atoms with Gasteiger partial charge in [-0.2, -0.15) is 4.98 Å². The number of hydrogen-bond acceptors (Lipinski definition) is 5. The monoisotopic (exact) mass is 304 g/mol. The van der Waals surface area contributed by atoms with Gasteiger partial charge in [-0.1, -0.05) is 13.3 Å². The van der Waals surface area contributed by atoms with E-state index in [9.17, 15) is 0 Å². The number of nitrogens with zero attached hydrogens (tertiary/aromatic N) is 2. The summed E-state index contributed by atoms with van der Waals surface area (Å²) in [6.07, 6.45) is 3.80. The lowest BCUT2D eigenvalue weighted by Crippen LogP contribution is -2.09. The lowest BCUT2D eigenvalue weighted by atomic mass is 10.4. The van der Waals surface area contributed by atoms with Crippen LogP contribution in [-0.4, -0.2) is 36.9 Å². The molecule has 0 fully saturated rings. The minimum atomic E-state index is 0.296. The number of halogens is 1. The summed E-state index contributed by atoms with van der Waals surface area (Å²) in [5, 5.41) is 0. The summed E-state index contributed by atoms with van der Waals surface area (Å²) in [6, 6.07) is 0.296. The molecule has 1 rings (SSSR count). The Morgan fingerprint density at radius 3 is 2.82 bits per heavy atom. The molecule has 96 valence electrons. The molecule has 1 heterocycles. The normalized spacial score (nSPS) is 10.3. The number of hydrogen-bond donors (Lipinski definition) is 0. The molecule has 0 atom stereocenters. The summed E-state index contributed by atoms with van der Waals surface area (Å²) in [5.74, 6) is 0.460. The van der Waals surface area contributed by atoms with Gasteiger partial charge in [-0.3, -0.25) is 0 Å². The van der Waals surface area contributed by atoms with Crippen molar-refractivity contribution in [2.75, 3.05) is 26.9 Å². The highest BCUT2D eigenvalue weighted by Gasteiger charge is 2.05. The number of ether oxygens (including phenoxy) is 3. The smallest absolute Gasteiger partial charge is 0.319 e. The molecule has 0 aliphatic rings. The number of unbranched alkanes of at least 4 members (excludes halogenated alkanes) is 1. The van der Waals surface area contributed by atoms with E-state index in [4.69, 9.17) is 14.2 Å². The summed E-state index contributed by atoms with van der Waals surface area (Å²) >= 11 is 3.27. The summed E-state index contributed by atoms with van der Waals surface area (Å²) < 4.78 is 16.4. The molecule has 0 aliphatic heterocycles. The maximum Gasteiger partial charge on any atom is 0.319 e. The molecule has 0 radical (unpaired) electrons. The van der Waals surface area contributed by atoms with Gasteiger partial charge < -0.3 is 14.2 Å². The van der Waals surface area contributed by atoms with Crippen molar-refractivity contribution in [3.05, 3.63) is 10.7 Å². The van der Waals surface area contributed by atoms with Crippen LogP contribution in [-0.2, 0) is 4.74 Å². The highest BCUT2D eigenvalue weighted by molar-refractivity contribution is 9.10. The minimum Gasteiger partial charge on any atom is -0.480 e. The van der Waals surface area contributed by atoms with Crippen molar-refractivity contribution >= 4 is 15.9 Å². The van der Waals surface area contributed by atoms with E-state index in [1.165, 1.54) is 0 Å². The van der Waals surface area contributed by atoms with Gasteiger partial charge in [0.05, 0.1) is 24.4 Å². The molecule has 0 spiro atoms. The first-order valence-corrected chi connectivity index (χ1v) is 6.34. The van der Waals surface area contributed by atoms with E-state index in [0.717, 1.165) is 19.4 Å². The second kappa shape index (κ2) is 8.25. The molecule has 0 amide bonds. The quantitative estimate of drug-likeness (QED) is 0.691. The van der Waals surface area contributed by atoms with Crippen LogP contribution in [0.4, 0.5) is 0 Å². The van der Waals surface area contributed by atoms with Crippen molar-refractivity contribution in [3.8, 4) is 11.9 Å². The van der Waals surface area contributed by atoms with Gasteiger partial charge in [-0.25, -0.2) is 4.98 Å². The van der Waals surface area contributed by atoms with E-state index in [2.05, 4.69) is 32.8 Å². The number of aromatic nitrogens is 2. The average molecular weight is 305 g/mol. The second-order valence-corrected chi connectivity index (χ2v) is 4.18. The van der Waals surface area contributed by atoms with Crippen LogP contribution in [0.1, 0.15) is 19.8 Å². The van der Waals surface area contributed by atoms with E-state index in [1.807, 2.05) is 0 Å². The SMILES string of the molecule is CCCCOCCOc1ncc(Br)c(OC)n1. The van der Waals surface area contributed by atoms with Crippen molar-refractivity contribution in [1.82, 2.24) is 9.97 Å². The molecular formula is C11H17BrN2O3. The van der Waals surface area contributed by atoms with Gasteiger partial charge in [0.2, 0.25) is 5.88 Å². The Morgan fingerprint density at radius 2 is 2.12 bits per heavy atom. The highest BCUT2D eigenvalue weighted by Crippen LogP contribution is 2.22. The lowest BCUT2D eigenvalue weighted by Gasteiger charge is -2.07. The van der Waals surface area contributed by atoms with E-state index >= 15 is 0 Å². The summed E-state index contributed by atoms with van der Waals surface area (Å²) in [4.78, 5) is 8.07. The number of methoxy groups -OCH3 is 1. The summed E-state index contributed by atoms with van der Waals surface area (Å²) in [6.45, 7) is 3.88. The molecule has 5 nitrogen and oxygen atoms in total. The highest BCUT2D eigenvalue weighted by atomic mass is 79.9. The van der Waals surface area contributed by atoms with Crippen molar-refractivity contribution < 1.29 is 14.2 Å². The maximum absolute atomic E-state index is 5.36. The predicted molar refractivity (Wildman–Crippen MR) is 67.5 cm³/mol. The van der Waals surface area contributed by atoms with Crippen molar-refractivity contribution in [3.63, 3.8) is 0 Å². The van der Waals surface area contributed by atoms with Gasteiger partial charge in [0.25, 0.3) is 0 Å². The molecular weight excluding hydrogens is 288 g/mol. The van der Waals surface area contributed by atoms with Gasteiger partial charge in [-0.05, 0) is 22.4 Å². The van der Waals surface area contributed by atoms with Gasteiger partial charge in [0, 0.05) is 6.61 Å². The molecule has 6 heteroatoms. The zero-order valence-corrected chi connectivity index (χ0v) is 11.7. The Kier molecular flexibility index (Phi) is 6.88. The Balaban J connectivity index is 2.27. The standard InChI is InChI=1S/C11H17BrN2O3/c1-3-4-5-16-6-7-17-11-13-8-9(12)10(14-11)15-2/h8H,3-7H2,1-2H3. The van der Waals surface area contributed by atoms with Crippen LogP contribution < -0.4 is 9.47 Å². The molecule has 0 saturated heterocycles. The van der Waals surface area contributed by atoms with Gasteiger partial charge in [0.15, 0.2) is 0 Å². The first-order chi connectivity index (χ1) is 8.27. The van der Waals surface area contributed by atoms with E-state index < -0.39 is 0 Å². The summed E-state index contributed by atoms with van der Waals surface area (Å²) in [5.41, 5.74) is 0. The molecule has 1 aromatic rings. The van der Waals surface area contributed by atoms with Crippen molar-refractivity contribution in [1.29, 1.82) is 0 Å². The summed E-state index contributed by atoms with van der Waals surface area (Å²) in [7, 11) is 1.55. The topological polar surface area (TPSA) is 53.5 Å². The largest absolute Gasteiger partial charge is 0.480 e. The predicted octanol–water partition coefficient (Wildman–Crippen LogP) is 2.44. The fourth-order valence-corrected chi connectivity index (χ4v) is 1.44. The third-order valence-corrected chi connectivity index (χ3v) is 2.53. The third-order valence-electron chi connectivity index (χ3n) is 1.98. The van der Waals surface area contributed by atoms with Crippen LogP contribution >= 0.6 is 15.9 Å². The Morgan fingerprint density at radius 1 is 1.29 bits per heavy atom. The van der Waals surface area contributed by atoms with Crippen LogP contribution in [0.5, 0.6) is 11.9 Å². The molecule has 0 aromatic carbocycles. The van der Waals surface area contributed by atoms with Crippen LogP contribution in [0.15, 0.2) is 10.7 Å². The Labute approximate surface area is 110 Å². The fourth-order valence-electron chi connectivity index (χ4n) is 1.09. The maximum atomic E-state index is 5.36. The first-order valence-electron chi connectivity index (χ1n) is 5.55. The molecule has 1 aromatic heterocycles. The zero-order chi connectivity index (χ0) is 12.5. The van der Waals surface area contributed by atoms with Crippen LogP contribution in [0.2, 0.25) is 0 Å². The zero-order valence-electron chi connectivity index (χ0n) is 10.1. The molecule has 0 bridgehead atoms. The van der Waals surface area contributed by atoms with Crippen molar-refractivity contribution in [2.45, 2.75) is 19.8 Å². The minimum absolute atomic E-state index is 0.296. The van der Waals surface area contributed by atoms with Gasteiger partial charge in [-0.15, -0.1) is 0 Å². The Bertz CT molecular complexity index is 336. The third kappa shape index (κ3) is 5.32. The Hall–Kier alpha value is -0.880. The molecule has 0 aliphatic carbocycles. The molecule has 17 heavy (non-hydrogen) atoms. The van der Waals surface area contributed by atoms with E-state index in [1.54, 1.807) is 13.3 Å².